The van der Waals surface area contributed by atoms with Crippen LogP contribution >= 0.6 is 15.9 Å². The van der Waals surface area contributed by atoms with Crippen molar-refractivity contribution in [1.29, 1.82) is 0 Å². The average molecular weight is 425 g/mol. The van der Waals surface area contributed by atoms with Crippen molar-refractivity contribution in [2.45, 2.75) is 4.90 Å². The van der Waals surface area contributed by atoms with Crippen molar-refractivity contribution < 1.29 is 18.3 Å². The van der Waals surface area contributed by atoms with E-state index in [4.69, 9.17) is 0 Å². The van der Waals surface area contributed by atoms with Crippen molar-refractivity contribution >= 4 is 31.9 Å². The predicted molar refractivity (Wildman–Crippen MR) is 96.9 cm³/mol. The number of aromatic hydroxyl groups is 1. The van der Waals surface area contributed by atoms with E-state index in [0.717, 1.165) is 0 Å². The van der Waals surface area contributed by atoms with Crippen molar-refractivity contribution in [2.75, 3.05) is 26.2 Å². The number of amides is 1. The standard InChI is InChI=1S/C17H17BrN2O4S/c18-15-3-1-2-4-16(15)25(23,24)20-11-9-19(10-12-20)17(22)13-5-7-14(21)8-6-13/h1-8,21H,9-12H2. The summed E-state index contributed by atoms with van der Waals surface area (Å²) < 4.78 is 27.4. The van der Waals surface area contributed by atoms with E-state index in [1.54, 1.807) is 41.3 Å². The molecule has 1 amide bonds. The van der Waals surface area contributed by atoms with Gasteiger partial charge in [-0.05, 0) is 52.3 Å². The van der Waals surface area contributed by atoms with Crippen LogP contribution in [0.3, 0.4) is 0 Å². The number of nitrogens with zero attached hydrogens (tertiary/aromatic N) is 2. The zero-order valence-corrected chi connectivity index (χ0v) is 15.7. The summed E-state index contributed by atoms with van der Waals surface area (Å²) in [6.07, 6.45) is 0. The lowest BCUT2D eigenvalue weighted by Gasteiger charge is -2.34. The van der Waals surface area contributed by atoms with Crippen LogP contribution in [0.4, 0.5) is 0 Å². The highest BCUT2D eigenvalue weighted by atomic mass is 79.9. The number of sulfonamides is 1. The van der Waals surface area contributed by atoms with Gasteiger partial charge in [0.15, 0.2) is 0 Å². The number of carbonyl (C=O) groups is 1. The second-order valence-corrected chi connectivity index (χ2v) is 8.43. The summed E-state index contributed by atoms with van der Waals surface area (Å²) in [6.45, 7) is 1.13. The van der Waals surface area contributed by atoms with Gasteiger partial charge < -0.3 is 10.0 Å². The van der Waals surface area contributed by atoms with Crippen molar-refractivity contribution in [3.8, 4) is 5.75 Å². The first-order valence-corrected chi connectivity index (χ1v) is 9.96. The van der Waals surface area contributed by atoms with Crippen LogP contribution < -0.4 is 0 Å². The van der Waals surface area contributed by atoms with Gasteiger partial charge in [0.25, 0.3) is 5.91 Å². The molecule has 1 fully saturated rings. The molecule has 0 bridgehead atoms. The van der Waals surface area contributed by atoms with Gasteiger partial charge in [0.1, 0.15) is 5.75 Å². The van der Waals surface area contributed by atoms with Gasteiger partial charge in [0.2, 0.25) is 10.0 Å². The third kappa shape index (κ3) is 3.70. The molecule has 8 heteroatoms. The van der Waals surface area contributed by atoms with Crippen LogP contribution in [0.2, 0.25) is 0 Å². The fourth-order valence-corrected chi connectivity index (χ4v) is 5.10. The SMILES string of the molecule is O=C(c1ccc(O)cc1)N1CCN(S(=O)(=O)c2ccccc2Br)CC1. The summed E-state index contributed by atoms with van der Waals surface area (Å²) in [5.41, 5.74) is 0.472. The number of halogens is 1. The fraction of sp³-hybridized carbons (Fsp3) is 0.235. The fourth-order valence-electron chi connectivity index (χ4n) is 2.71. The Hall–Kier alpha value is -1.90. The molecule has 1 saturated heterocycles. The highest BCUT2D eigenvalue weighted by Gasteiger charge is 2.31. The lowest BCUT2D eigenvalue weighted by atomic mass is 10.2. The molecule has 0 radical (unpaired) electrons. The van der Waals surface area contributed by atoms with Crippen molar-refractivity contribution in [1.82, 2.24) is 9.21 Å². The second kappa shape index (κ2) is 7.15. The number of piperazine rings is 1. The largest absolute Gasteiger partial charge is 0.508 e. The summed E-state index contributed by atoms with van der Waals surface area (Å²) in [7, 11) is -3.60. The molecule has 1 N–H and O–H groups in total. The number of rotatable bonds is 3. The van der Waals surface area contributed by atoms with Gasteiger partial charge in [-0.1, -0.05) is 12.1 Å². The first-order chi connectivity index (χ1) is 11.9. The Kier molecular flexibility index (Phi) is 5.12. The zero-order chi connectivity index (χ0) is 18.0. The highest BCUT2D eigenvalue weighted by molar-refractivity contribution is 9.10. The van der Waals surface area contributed by atoms with E-state index < -0.39 is 10.0 Å². The minimum Gasteiger partial charge on any atom is -0.508 e. The van der Waals surface area contributed by atoms with Crippen molar-refractivity contribution in [3.05, 3.63) is 58.6 Å². The molecule has 1 heterocycles. The quantitative estimate of drug-likeness (QED) is 0.819. The van der Waals surface area contributed by atoms with Crippen LogP contribution in [0.25, 0.3) is 0 Å². The van der Waals surface area contributed by atoms with E-state index in [0.29, 0.717) is 23.1 Å². The number of hydrogen-bond acceptors (Lipinski definition) is 4. The van der Waals surface area contributed by atoms with Gasteiger partial charge in [0.05, 0.1) is 4.90 Å². The summed E-state index contributed by atoms with van der Waals surface area (Å²) in [5, 5.41) is 9.30. The topological polar surface area (TPSA) is 77.9 Å². The Balaban J connectivity index is 1.70. The molecule has 132 valence electrons. The van der Waals surface area contributed by atoms with E-state index in [2.05, 4.69) is 15.9 Å². The lowest BCUT2D eigenvalue weighted by Crippen LogP contribution is -2.50. The maximum absolute atomic E-state index is 12.8. The van der Waals surface area contributed by atoms with Crippen LogP contribution in [-0.2, 0) is 10.0 Å². The van der Waals surface area contributed by atoms with E-state index in [-0.39, 0.29) is 29.6 Å². The van der Waals surface area contributed by atoms with Crippen molar-refractivity contribution in [3.63, 3.8) is 0 Å². The maximum Gasteiger partial charge on any atom is 0.253 e. The number of benzene rings is 2. The van der Waals surface area contributed by atoms with Crippen LogP contribution in [0, 0.1) is 0 Å². The molecule has 0 unspecified atom stereocenters. The molecular weight excluding hydrogens is 408 g/mol. The molecule has 25 heavy (non-hydrogen) atoms. The van der Waals surface area contributed by atoms with E-state index in [9.17, 15) is 18.3 Å². The van der Waals surface area contributed by atoms with Gasteiger partial charge >= 0.3 is 0 Å². The number of hydrogen-bond donors (Lipinski definition) is 1. The minimum absolute atomic E-state index is 0.0981. The molecule has 0 aromatic heterocycles. The third-order valence-electron chi connectivity index (χ3n) is 4.09. The van der Waals surface area contributed by atoms with Crippen LogP contribution in [-0.4, -0.2) is 54.8 Å². The number of phenolic OH excluding ortho intramolecular Hbond substituents is 1. The van der Waals surface area contributed by atoms with Gasteiger partial charge in [-0.3, -0.25) is 4.79 Å². The normalized spacial score (nSPS) is 16.0. The summed E-state index contributed by atoms with van der Waals surface area (Å²) in [5.74, 6) is -0.0705. The van der Waals surface area contributed by atoms with E-state index >= 15 is 0 Å². The Morgan fingerprint density at radius 1 is 0.960 bits per heavy atom. The second-order valence-electron chi connectivity index (χ2n) is 5.67. The molecule has 0 saturated carbocycles. The Labute approximate surface area is 154 Å². The third-order valence-corrected chi connectivity index (χ3v) is 7.01. The molecule has 2 aromatic rings. The summed E-state index contributed by atoms with van der Waals surface area (Å²) in [4.78, 5) is 14.3. The van der Waals surface area contributed by atoms with Gasteiger partial charge in [0, 0.05) is 36.2 Å². The monoisotopic (exact) mass is 424 g/mol. The molecule has 6 nitrogen and oxygen atoms in total. The summed E-state index contributed by atoms with van der Waals surface area (Å²) >= 11 is 3.28. The Bertz CT molecular complexity index is 876. The molecule has 0 aliphatic carbocycles. The van der Waals surface area contributed by atoms with Crippen LogP contribution in [0.5, 0.6) is 5.75 Å². The van der Waals surface area contributed by atoms with Crippen LogP contribution in [0.1, 0.15) is 10.4 Å². The van der Waals surface area contributed by atoms with Gasteiger partial charge in [-0.25, -0.2) is 8.42 Å². The Morgan fingerprint density at radius 3 is 2.16 bits per heavy atom. The van der Waals surface area contributed by atoms with E-state index in [1.807, 2.05) is 0 Å². The molecule has 0 atom stereocenters. The summed E-state index contributed by atoms with van der Waals surface area (Å²) in [6, 6.07) is 12.7. The molecule has 3 rings (SSSR count). The number of phenols is 1. The van der Waals surface area contributed by atoms with Gasteiger partial charge in [-0.2, -0.15) is 4.31 Å². The molecule has 1 aliphatic rings. The van der Waals surface area contributed by atoms with E-state index in [1.165, 1.54) is 16.4 Å². The molecule has 2 aromatic carbocycles. The van der Waals surface area contributed by atoms with Gasteiger partial charge in [-0.15, -0.1) is 0 Å². The zero-order valence-electron chi connectivity index (χ0n) is 13.3. The van der Waals surface area contributed by atoms with Crippen LogP contribution in [0.15, 0.2) is 57.9 Å². The molecular formula is C17H17BrN2O4S. The Morgan fingerprint density at radius 2 is 1.56 bits per heavy atom. The first-order valence-electron chi connectivity index (χ1n) is 7.72. The lowest BCUT2D eigenvalue weighted by molar-refractivity contribution is 0.0698. The highest BCUT2D eigenvalue weighted by Crippen LogP contribution is 2.25. The predicted octanol–water partition coefficient (Wildman–Crippen LogP) is 2.30. The first kappa shape index (κ1) is 17.9. The van der Waals surface area contributed by atoms with Crippen molar-refractivity contribution in [2.24, 2.45) is 0 Å². The molecule has 0 spiro atoms. The smallest absolute Gasteiger partial charge is 0.253 e. The minimum atomic E-state index is -3.60. The number of carbonyl (C=O) groups excluding carboxylic acids is 1. The molecule has 1 aliphatic heterocycles. The maximum atomic E-state index is 12.8. The average Bonchev–Trinajstić information content (AvgIpc) is 2.62.